The van der Waals surface area contributed by atoms with E-state index in [0.29, 0.717) is 43.0 Å². The van der Waals surface area contributed by atoms with Crippen LogP contribution in [0.4, 0.5) is 10.7 Å². The normalized spacial score (nSPS) is 17.8. The number of carbonyl (C=O) groups excluding carboxylic acids is 1. The van der Waals surface area contributed by atoms with Crippen LogP contribution in [0.3, 0.4) is 0 Å². The number of fused-ring (bicyclic) bond motifs is 1. The second-order valence-corrected chi connectivity index (χ2v) is 13.4. The highest BCUT2D eigenvalue weighted by Gasteiger charge is 2.29. The van der Waals surface area contributed by atoms with Crippen LogP contribution >= 0.6 is 28.4 Å². The molecule has 2 atom stereocenters. The molecule has 1 amide bonds. The number of nitrogens with zero attached hydrogens (tertiary/aromatic N) is 7. The minimum atomic E-state index is -0.543. The summed E-state index contributed by atoms with van der Waals surface area (Å²) in [5, 5.41) is 9.22. The van der Waals surface area contributed by atoms with Crippen molar-refractivity contribution in [2.75, 3.05) is 18.4 Å². The summed E-state index contributed by atoms with van der Waals surface area (Å²) in [5.41, 5.74) is 3.63. The van der Waals surface area contributed by atoms with Crippen LogP contribution in [0.25, 0.3) is 33.5 Å². The Hall–Kier alpha value is -3.12. The third-order valence-electron chi connectivity index (χ3n) is 6.79. The van der Waals surface area contributed by atoms with E-state index in [0.717, 1.165) is 53.5 Å². The fourth-order valence-electron chi connectivity index (χ4n) is 4.75. The van der Waals surface area contributed by atoms with Gasteiger partial charge in [-0.05, 0) is 86.7 Å². The molecule has 41 heavy (non-hydrogen) atoms. The van der Waals surface area contributed by atoms with Crippen molar-refractivity contribution in [1.82, 2.24) is 34.4 Å². The van der Waals surface area contributed by atoms with E-state index in [-0.39, 0.29) is 12.2 Å². The molecule has 13 heteroatoms. The van der Waals surface area contributed by atoms with Crippen molar-refractivity contribution >= 4 is 51.4 Å². The number of anilines is 1. The van der Waals surface area contributed by atoms with Crippen molar-refractivity contribution in [3.63, 3.8) is 0 Å². The lowest BCUT2D eigenvalue weighted by molar-refractivity contribution is 0.00719. The summed E-state index contributed by atoms with van der Waals surface area (Å²) < 4.78 is 13.8. The van der Waals surface area contributed by atoms with Gasteiger partial charge >= 0.3 is 6.09 Å². The summed E-state index contributed by atoms with van der Waals surface area (Å²) in [5.74, 6) is 1.05. The summed E-state index contributed by atoms with van der Waals surface area (Å²) in [4.78, 5) is 32.6. The molecule has 2 fully saturated rings. The number of rotatable bonds is 7. The molecule has 1 saturated heterocycles. The Bertz CT molecular complexity index is 1570. The minimum Gasteiger partial charge on any atom is -0.471 e. The quantitative estimate of drug-likeness (QED) is 0.182. The molecule has 0 spiro atoms. The summed E-state index contributed by atoms with van der Waals surface area (Å²) >= 11 is 2.33. The average Bonchev–Trinajstić information content (AvgIpc) is 3.69. The third kappa shape index (κ3) is 6.69. The summed E-state index contributed by atoms with van der Waals surface area (Å²) in [6, 6.07) is 8.63. The Morgan fingerprint density at radius 1 is 1.12 bits per heavy atom. The molecule has 11 nitrogen and oxygen atoms in total. The second-order valence-electron chi connectivity index (χ2n) is 11.3. The van der Waals surface area contributed by atoms with Gasteiger partial charge in [-0.15, -0.1) is 0 Å². The highest BCUT2D eigenvalue weighted by molar-refractivity contribution is 14.2. The molecule has 4 aromatic rings. The molecule has 1 aromatic carbocycles. The van der Waals surface area contributed by atoms with Crippen LogP contribution in [0, 0.1) is 0 Å². The molecule has 1 aliphatic carbocycles. The molecule has 2 aliphatic rings. The largest absolute Gasteiger partial charge is 0.471 e. The number of carbonyl (C=O) groups is 1. The number of benzene rings is 1. The maximum absolute atomic E-state index is 12.6. The van der Waals surface area contributed by atoms with Gasteiger partial charge in [0.2, 0.25) is 11.8 Å². The number of likely N-dealkylation sites (tertiary alicyclic amines) is 1. The molecular weight excluding hydrogens is 654 g/mol. The predicted octanol–water partition coefficient (Wildman–Crippen LogP) is 6.09. The number of hydrogen-bond acceptors (Lipinski definition) is 9. The number of halogens is 1. The van der Waals surface area contributed by atoms with Crippen molar-refractivity contribution < 1.29 is 14.3 Å². The third-order valence-corrected chi connectivity index (χ3v) is 8.67. The van der Waals surface area contributed by atoms with Crippen molar-refractivity contribution in [2.45, 2.75) is 64.2 Å². The number of aromatic nitrogens is 6. The van der Waals surface area contributed by atoms with Crippen LogP contribution in [0.5, 0.6) is 5.88 Å². The molecule has 2 unspecified atom stereocenters. The van der Waals surface area contributed by atoms with Gasteiger partial charge in [0.15, 0.2) is 0 Å². The van der Waals surface area contributed by atoms with Crippen molar-refractivity contribution in [3.05, 3.63) is 42.9 Å². The van der Waals surface area contributed by atoms with Crippen LogP contribution in [0.1, 0.15) is 46.5 Å². The van der Waals surface area contributed by atoms with Crippen molar-refractivity contribution in [3.8, 4) is 28.5 Å². The molecule has 0 bridgehead atoms. The van der Waals surface area contributed by atoms with E-state index in [9.17, 15) is 4.79 Å². The molecule has 3 aromatic heterocycles. The highest BCUT2D eigenvalue weighted by Crippen LogP contribution is 2.36. The number of hydrogen-bond donors (Lipinski definition) is 1. The Morgan fingerprint density at radius 3 is 2.76 bits per heavy atom. The Kier molecular flexibility index (Phi) is 7.95. The number of amides is 1. The van der Waals surface area contributed by atoms with Gasteiger partial charge in [-0.2, -0.15) is 5.10 Å². The SMILES string of the molecule is CC(C)(C)OC(=O)N1CCCC(Oc2cncc(-c3nn(PI)c4ccc(-c5ccnc(NC6CC6)n5)cc34)n2)C1. The smallest absolute Gasteiger partial charge is 0.410 e. The van der Waals surface area contributed by atoms with Crippen molar-refractivity contribution in [1.29, 1.82) is 0 Å². The molecular formula is C28H32IN8O3P. The Labute approximate surface area is 253 Å². The van der Waals surface area contributed by atoms with Crippen LogP contribution in [0.15, 0.2) is 42.9 Å². The first-order valence-corrected chi connectivity index (χ1v) is 17.8. The van der Waals surface area contributed by atoms with Crippen molar-refractivity contribution in [2.24, 2.45) is 0 Å². The number of nitrogens with one attached hydrogen (secondary N) is 1. The van der Waals surface area contributed by atoms with E-state index in [4.69, 9.17) is 24.5 Å². The van der Waals surface area contributed by atoms with Gasteiger partial charge in [-0.25, -0.2) is 24.2 Å². The number of piperidine rings is 1. The standard InChI is InChI=1S/C28H32IN8O3P/c1-28(2,3)40-27(38)36-12-4-5-19(16-36)39-24-15-30-14-22(33-24)25-20-13-17(6-9-23(20)37(35-25)41-29)21-10-11-31-26(34-21)32-18-7-8-18/h6,9-11,13-15,18-19,41H,4-5,7-8,12,16H2,1-3H3,(H,31,32,34). The van der Waals surface area contributed by atoms with Crippen LogP contribution in [0.2, 0.25) is 0 Å². The van der Waals surface area contributed by atoms with Gasteiger partial charge < -0.3 is 19.7 Å². The monoisotopic (exact) mass is 686 g/mol. The highest BCUT2D eigenvalue weighted by atomic mass is 127. The van der Waals surface area contributed by atoms with Gasteiger partial charge in [0, 0.05) is 29.7 Å². The zero-order chi connectivity index (χ0) is 28.6. The van der Waals surface area contributed by atoms with Gasteiger partial charge in [-0.1, -0.05) is 6.07 Å². The topological polar surface area (TPSA) is 120 Å². The lowest BCUT2D eigenvalue weighted by Gasteiger charge is -2.33. The first-order chi connectivity index (χ1) is 19.8. The van der Waals surface area contributed by atoms with Gasteiger partial charge in [0.1, 0.15) is 23.1 Å². The fraction of sp³-hybridized carbons (Fsp3) is 0.429. The van der Waals surface area contributed by atoms with E-state index in [2.05, 4.69) is 55.5 Å². The molecule has 1 aliphatic heterocycles. The summed E-state index contributed by atoms with van der Waals surface area (Å²) in [6.07, 6.45) is 8.96. The lowest BCUT2D eigenvalue weighted by atomic mass is 10.1. The first kappa shape index (κ1) is 28.0. The van der Waals surface area contributed by atoms with E-state index in [1.54, 1.807) is 23.5 Å². The van der Waals surface area contributed by atoms with Crippen LogP contribution in [-0.2, 0) is 4.74 Å². The van der Waals surface area contributed by atoms with E-state index in [1.807, 2.05) is 31.3 Å². The van der Waals surface area contributed by atoms with Gasteiger partial charge in [-0.3, -0.25) is 4.98 Å². The summed E-state index contributed by atoms with van der Waals surface area (Å²) in [6.45, 7) is 6.69. The van der Waals surface area contributed by atoms with Gasteiger partial charge in [0.25, 0.3) is 0 Å². The van der Waals surface area contributed by atoms with E-state index >= 15 is 0 Å². The molecule has 1 N–H and O–H groups in total. The Morgan fingerprint density at radius 2 is 1.98 bits per heavy atom. The predicted molar refractivity (Wildman–Crippen MR) is 168 cm³/mol. The Balaban J connectivity index is 1.25. The van der Waals surface area contributed by atoms with Crippen LogP contribution < -0.4 is 10.1 Å². The average molecular weight is 686 g/mol. The maximum atomic E-state index is 12.6. The maximum Gasteiger partial charge on any atom is 0.410 e. The number of ether oxygens (including phenoxy) is 2. The first-order valence-electron chi connectivity index (χ1n) is 13.7. The zero-order valence-corrected chi connectivity index (χ0v) is 26.3. The summed E-state index contributed by atoms with van der Waals surface area (Å²) in [7, 11) is 0. The zero-order valence-electron chi connectivity index (χ0n) is 23.2. The van der Waals surface area contributed by atoms with E-state index in [1.165, 1.54) is 0 Å². The van der Waals surface area contributed by atoms with Gasteiger partial charge in [0.05, 0.1) is 36.5 Å². The lowest BCUT2D eigenvalue weighted by Crippen LogP contribution is -2.46. The molecule has 214 valence electrons. The van der Waals surface area contributed by atoms with E-state index < -0.39 is 5.60 Å². The molecule has 6 rings (SSSR count). The fourth-order valence-corrected chi connectivity index (χ4v) is 6.27. The second kappa shape index (κ2) is 11.6. The molecule has 0 radical (unpaired) electrons. The molecule has 1 saturated carbocycles. The minimum absolute atomic E-state index is 0.200. The molecule has 4 heterocycles. The van der Waals surface area contributed by atoms with Crippen LogP contribution in [-0.4, -0.2) is 71.3 Å².